The third kappa shape index (κ3) is 4.23. The van der Waals surface area contributed by atoms with Crippen LogP contribution in [0.15, 0.2) is 0 Å². The fraction of sp³-hybridized carbons (Fsp3) is 0.923. The van der Waals surface area contributed by atoms with Crippen molar-refractivity contribution in [2.45, 2.75) is 56.7 Å². The van der Waals surface area contributed by atoms with Crippen LogP contribution in [0.5, 0.6) is 0 Å². The summed E-state index contributed by atoms with van der Waals surface area (Å²) in [4.78, 5) is 13.0. The largest absolute Gasteiger partial charge is 0.393 e. The fourth-order valence-electron chi connectivity index (χ4n) is 3.05. The summed E-state index contributed by atoms with van der Waals surface area (Å²) in [6.45, 7) is 2.30. The number of amides is 1. The Labute approximate surface area is 109 Å². The van der Waals surface area contributed by atoms with Crippen LogP contribution >= 0.6 is 0 Å². The van der Waals surface area contributed by atoms with E-state index in [0.717, 1.165) is 51.6 Å². The van der Waals surface area contributed by atoms with Gasteiger partial charge in [-0.05, 0) is 38.5 Å². The van der Waals surface area contributed by atoms with Crippen LogP contribution in [0.2, 0.25) is 0 Å². The highest BCUT2D eigenvalue weighted by Crippen LogP contribution is 2.20. The molecule has 104 valence electrons. The Morgan fingerprint density at radius 2 is 1.67 bits per heavy atom. The van der Waals surface area contributed by atoms with Crippen molar-refractivity contribution in [3.05, 3.63) is 0 Å². The lowest BCUT2D eigenvalue weighted by Gasteiger charge is -2.35. The van der Waals surface area contributed by atoms with Crippen molar-refractivity contribution in [1.82, 2.24) is 10.2 Å². The molecule has 18 heavy (non-hydrogen) atoms. The molecular weight excluding hydrogens is 230 g/mol. The van der Waals surface area contributed by atoms with Gasteiger partial charge in [0.25, 0.3) is 0 Å². The molecule has 1 aliphatic carbocycles. The molecule has 0 aromatic carbocycles. The van der Waals surface area contributed by atoms with E-state index in [1.54, 1.807) is 0 Å². The van der Waals surface area contributed by atoms with E-state index in [0.29, 0.717) is 18.6 Å². The first-order valence-corrected chi connectivity index (χ1v) is 7.08. The van der Waals surface area contributed by atoms with Gasteiger partial charge in [-0.3, -0.25) is 9.69 Å². The maximum absolute atomic E-state index is 10.8. The molecule has 0 aromatic rings. The number of likely N-dealkylation sites (tertiary alicyclic amines) is 1. The molecule has 1 saturated carbocycles. The Balaban J connectivity index is 1.65. The maximum Gasteiger partial charge on any atom is 0.231 e. The molecule has 5 nitrogen and oxygen atoms in total. The summed E-state index contributed by atoms with van der Waals surface area (Å²) in [7, 11) is 0. The van der Waals surface area contributed by atoms with Crippen molar-refractivity contribution in [3.63, 3.8) is 0 Å². The SMILES string of the molecule is NC(=O)CN1CCC(NC2CCC(O)CC2)CC1. The summed E-state index contributed by atoms with van der Waals surface area (Å²) >= 11 is 0. The smallest absolute Gasteiger partial charge is 0.231 e. The summed E-state index contributed by atoms with van der Waals surface area (Å²) in [5.74, 6) is -0.234. The number of aliphatic hydroxyl groups is 1. The number of rotatable bonds is 4. The van der Waals surface area contributed by atoms with Crippen molar-refractivity contribution in [2.24, 2.45) is 5.73 Å². The minimum absolute atomic E-state index is 0.0829. The number of nitrogens with zero attached hydrogens (tertiary/aromatic N) is 1. The molecule has 0 unspecified atom stereocenters. The molecule has 5 heteroatoms. The number of carbonyl (C=O) groups is 1. The molecule has 0 spiro atoms. The molecule has 0 bridgehead atoms. The Bertz CT molecular complexity index is 269. The molecule has 2 rings (SSSR count). The average Bonchev–Trinajstić information content (AvgIpc) is 2.34. The van der Waals surface area contributed by atoms with Crippen molar-refractivity contribution in [3.8, 4) is 0 Å². The van der Waals surface area contributed by atoms with Crippen LogP contribution < -0.4 is 11.1 Å². The van der Waals surface area contributed by atoms with E-state index in [-0.39, 0.29) is 12.0 Å². The molecule has 1 heterocycles. The van der Waals surface area contributed by atoms with Gasteiger partial charge in [0.15, 0.2) is 0 Å². The van der Waals surface area contributed by atoms with Gasteiger partial charge in [0, 0.05) is 25.2 Å². The van der Waals surface area contributed by atoms with E-state index in [1.807, 2.05) is 0 Å². The second kappa shape index (κ2) is 6.50. The minimum atomic E-state index is -0.234. The van der Waals surface area contributed by atoms with Crippen LogP contribution in [0.4, 0.5) is 0 Å². The number of hydrogen-bond donors (Lipinski definition) is 3. The van der Waals surface area contributed by atoms with Crippen LogP contribution in [-0.4, -0.2) is 53.7 Å². The van der Waals surface area contributed by atoms with E-state index in [9.17, 15) is 9.90 Å². The van der Waals surface area contributed by atoms with Gasteiger partial charge >= 0.3 is 0 Å². The first-order valence-electron chi connectivity index (χ1n) is 7.08. The number of hydrogen-bond acceptors (Lipinski definition) is 4. The second-order valence-corrected chi connectivity index (χ2v) is 5.69. The Morgan fingerprint density at radius 3 is 2.22 bits per heavy atom. The van der Waals surface area contributed by atoms with Crippen LogP contribution in [0.1, 0.15) is 38.5 Å². The third-order valence-corrected chi connectivity index (χ3v) is 4.14. The van der Waals surface area contributed by atoms with Crippen LogP contribution in [0.3, 0.4) is 0 Å². The van der Waals surface area contributed by atoms with Gasteiger partial charge in [0.1, 0.15) is 0 Å². The third-order valence-electron chi connectivity index (χ3n) is 4.14. The standard InChI is InChI=1S/C13H25N3O2/c14-13(18)9-16-7-5-11(6-8-16)15-10-1-3-12(17)4-2-10/h10-12,15,17H,1-9H2,(H2,14,18). The highest BCUT2D eigenvalue weighted by Gasteiger charge is 2.25. The molecule has 4 N–H and O–H groups in total. The number of primary amides is 1. The van der Waals surface area contributed by atoms with Crippen molar-refractivity contribution in [1.29, 1.82) is 0 Å². The molecule has 0 radical (unpaired) electrons. The zero-order valence-electron chi connectivity index (χ0n) is 11.0. The van der Waals surface area contributed by atoms with Crippen LogP contribution in [0.25, 0.3) is 0 Å². The molecule has 1 aliphatic heterocycles. The lowest BCUT2D eigenvalue weighted by molar-refractivity contribution is -0.119. The number of piperidine rings is 1. The molecule has 1 amide bonds. The van der Waals surface area contributed by atoms with Gasteiger partial charge in [-0.25, -0.2) is 0 Å². The van der Waals surface area contributed by atoms with E-state index >= 15 is 0 Å². The van der Waals surface area contributed by atoms with E-state index in [4.69, 9.17) is 5.73 Å². The lowest BCUT2D eigenvalue weighted by atomic mass is 9.91. The summed E-state index contributed by atoms with van der Waals surface area (Å²) < 4.78 is 0. The second-order valence-electron chi connectivity index (χ2n) is 5.69. The lowest BCUT2D eigenvalue weighted by Crippen LogP contribution is -2.48. The first kappa shape index (κ1) is 13.8. The van der Waals surface area contributed by atoms with Crippen LogP contribution in [0, 0.1) is 0 Å². The number of nitrogens with two attached hydrogens (primary N) is 1. The first-order chi connectivity index (χ1) is 8.63. The van der Waals surface area contributed by atoms with Gasteiger partial charge in [0.2, 0.25) is 5.91 Å². The molecule has 1 saturated heterocycles. The van der Waals surface area contributed by atoms with Gasteiger partial charge in [-0.2, -0.15) is 0 Å². The predicted octanol–water partition coefficient (Wildman–Crippen LogP) is -0.171. The maximum atomic E-state index is 10.8. The summed E-state index contributed by atoms with van der Waals surface area (Å²) in [5.41, 5.74) is 5.20. The van der Waals surface area contributed by atoms with E-state index in [2.05, 4.69) is 10.2 Å². The molecule has 0 aromatic heterocycles. The Morgan fingerprint density at radius 1 is 1.11 bits per heavy atom. The molecule has 2 aliphatic rings. The highest BCUT2D eigenvalue weighted by atomic mass is 16.3. The van der Waals surface area contributed by atoms with Crippen LogP contribution in [-0.2, 0) is 4.79 Å². The summed E-state index contributed by atoms with van der Waals surface area (Å²) in [5, 5.41) is 13.2. The van der Waals surface area contributed by atoms with Crippen molar-refractivity contribution in [2.75, 3.05) is 19.6 Å². The normalized spacial score (nSPS) is 31.4. The van der Waals surface area contributed by atoms with Gasteiger partial charge in [-0.15, -0.1) is 0 Å². The number of carbonyl (C=O) groups excluding carboxylic acids is 1. The molecule has 2 fully saturated rings. The molecule has 0 atom stereocenters. The van der Waals surface area contributed by atoms with Crippen molar-refractivity contribution < 1.29 is 9.90 Å². The minimum Gasteiger partial charge on any atom is -0.393 e. The average molecular weight is 255 g/mol. The predicted molar refractivity (Wildman–Crippen MR) is 70.1 cm³/mol. The quantitative estimate of drug-likeness (QED) is 0.652. The zero-order chi connectivity index (χ0) is 13.0. The Hall–Kier alpha value is -0.650. The van der Waals surface area contributed by atoms with Gasteiger partial charge in [-0.1, -0.05) is 0 Å². The highest BCUT2D eigenvalue weighted by molar-refractivity contribution is 5.75. The zero-order valence-corrected chi connectivity index (χ0v) is 11.0. The number of aliphatic hydroxyl groups excluding tert-OH is 1. The summed E-state index contributed by atoms with van der Waals surface area (Å²) in [6, 6.07) is 1.13. The Kier molecular flexibility index (Phi) is 4.97. The van der Waals surface area contributed by atoms with Gasteiger partial charge in [0.05, 0.1) is 12.6 Å². The van der Waals surface area contributed by atoms with E-state index < -0.39 is 0 Å². The fourth-order valence-corrected chi connectivity index (χ4v) is 3.05. The topological polar surface area (TPSA) is 78.6 Å². The van der Waals surface area contributed by atoms with Gasteiger partial charge < -0.3 is 16.2 Å². The molecular formula is C13H25N3O2. The summed E-state index contributed by atoms with van der Waals surface area (Å²) in [6.07, 6.45) is 6.13. The van der Waals surface area contributed by atoms with Crippen molar-refractivity contribution >= 4 is 5.91 Å². The van der Waals surface area contributed by atoms with E-state index in [1.165, 1.54) is 0 Å². The number of nitrogens with one attached hydrogen (secondary N) is 1. The monoisotopic (exact) mass is 255 g/mol.